The normalized spacial score (nSPS) is 26.3. The second-order valence-corrected chi connectivity index (χ2v) is 6.95. The second kappa shape index (κ2) is 6.04. The lowest BCUT2D eigenvalue weighted by molar-refractivity contribution is -0.113. The van der Waals surface area contributed by atoms with Gasteiger partial charge in [-0.15, -0.1) is 0 Å². The van der Waals surface area contributed by atoms with E-state index in [0.29, 0.717) is 11.8 Å². The van der Waals surface area contributed by atoms with Gasteiger partial charge in [-0.25, -0.2) is 0 Å². The largest absolute Gasteiger partial charge is 0.339 e. The lowest BCUT2D eigenvalue weighted by Crippen LogP contribution is -2.34. The number of hydrogen-bond donors (Lipinski definition) is 0. The number of ketones is 1. The molecule has 1 saturated heterocycles. The fourth-order valence-corrected chi connectivity index (χ4v) is 3.59. The maximum absolute atomic E-state index is 11.4. The first-order valence-electron chi connectivity index (χ1n) is 8.67. The van der Waals surface area contributed by atoms with Crippen LogP contribution >= 0.6 is 0 Å². The molecule has 1 atom stereocenters. The minimum atomic E-state index is 0.103. The summed E-state index contributed by atoms with van der Waals surface area (Å²) < 4.78 is 5.50. The van der Waals surface area contributed by atoms with Crippen LogP contribution in [-0.4, -0.2) is 40.0 Å². The van der Waals surface area contributed by atoms with Gasteiger partial charge in [0.25, 0.3) is 0 Å². The average Bonchev–Trinajstić information content (AvgIpc) is 3.32. The zero-order chi connectivity index (χ0) is 15.8. The molecule has 0 aromatic carbocycles. The first kappa shape index (κ1) is 14.8. The molecular weight excluding hydrogens is 290 g/mol. The summed E-state index contributed by atoms with van der Waals surface area (Å²) in [6.07, 6.45) is 11.6. The van der Waals surface area contributed by atoms with Gasteiger partial charge in [-0.2, -0.15) is 4.98 Å². The van der Waals surface area contributed by atoms with Crippen LogP contribution in [0.1, 0.15) is 62.6 Å². The highest BCUT2D eigenvalue weighted by Crippen LogP contribution is 2.34. The van der Waals surface area contributed by atoms with E-state index in [1.807, 2.05) is 18.2 Å². The molecule has 2 heterocycles. The number of likely N-dealkylation sites (tertiary alicyclic amines) is 1. The van der Waals surface area contributed by atoms with Gasteiger partial charge in [-0.3, -0.25) is 4.79 Å². The molecule has 0 spiro atoms. The highest BCUT2D eigenvalue weighted by atomic mass is 16.5. The van der Waals surface area contributed by atoms with Crippen LogP contribution in [0.25, 0.3) is 0 Å². The molecule has 0 radical (unpaired) electrons. The molecule has 122 valence electrons. The number of piperidine rings is 1. The number of rotatable bonds is 4. The van der Waals surface area contributed by atoms with Crippen LogP contribution in [-0.2, 0) is 4.79 Å². The molecule has 0 amide bonds. The third-order valence-electron chi connectivity index (χ3n) is 5.24. The zero-order valence-corrected chi connectivity index (χ0v) is 13.6. The van der Waals surface area contributed by atoms with E-state index in [0.717, 1.165) is 49.8 Å². The molecule has 2 aliphatic carbocycles. The quantitative estimate of drug-likeness (QED) is 0.855. The summed E-state index contributed by atoms with van der Waals surface area (Å²) >= 11 is 0. The molecule has 0 bridgehead atoms. The highest BCUT2D eigenvalue weighted by molar-refractivity contribution is 5.96. The Labute approximate surface area is 136 Å². The van der Waals surface area contributed by atoms with Gasteiger partial charge in [-0.05, 0) is 52.1 Å². The van der Waals surface area contributed by atoms with Crippen molar-refractivity contribution in [2.24, 2.45) is 0 Å². The number of carbonyl (C=O) groups excluding carboxylic acids is 1. The van der Waals surface area contributed by atoms with Crippen molar-refractivity contribution in [1.82, 2.24) is 15.0 Å². The third kappa shape index (κ3) is 3.15. The number of Topliss-reactive ketones (excluding diaryl/α,β-unsaturated/α-hetero) is 1. The third-order valence-corrected chi connectivity index (χ3v) is 5.24. The van der Waals surface area contributed by atoms with Gasteiger partial charge in [0.15, 0.2) is 11.6 Å². The number of aromatic nitrogens is 2. The van der Waals surface area contributed by atoms with Crippen LogP contribution in [0, 0.1) is 0 Å². The van der Waals surface area contributed by atoms with Crippen LogP contribution in [0.2, 0.25) is 0 Å². The standard InChI is InChI=1S/C18H23N3O2/c1-12(22)13-2-4-15(5-3-13)18-19-17(20-23-18)14-8-10-21(11-9-14)16-6-7-16/h2-4,14-16H,5-11H2,1H3. The summed E-state index contributed by atoms with van der Waals surface area (Å²) in [4.78, 5) is 18.6. The van der Waals surface area contributed by atoms with Gasteiger partial charge in [0, 0.05) is 17.5 Å². The van der Waals surface area contributed by atoms with Crippen molar-refractivity contribution < 1.29 is 9.32 Å². The van der Waals surface area contributed by atoms with E-state index < -0.39 is 0 Å². The van der Waals surface area contributed by atoms with Crippen molar-refractivity contribution in [3.8, 4) is 0 Å². The Kier molecular flexibility index (Phi) is 3.89. The molecule has 2 fully saturated rings. The molecule has 23 heavy (non-hydrogen) atoms. The molecule has 5 nitrogen and oxygen atoms in total. The van der Waals surface area contributed by atoms with Crippen LogP contribution < -0.4 is 0 Å². The topological polar surface area (TPSA) is 59.2 Å². The summed E-state index contributed by atoms with van der Waals surface area (Å²) in [5.74, 6) is 2.18. The predicted molar refractivity (Wildman–Crippen MR) is 86.1 cm³/mol. The Morgan fingerprint density at radius 3 is 2.65 bits per heavy atom. The number of hydrogen-bond acceptors (Lipinski definition) is 5. The molecule has 1 aliphatic heterocycles. The zero-order valence-electron chi connectivity index (χ0n) is 13.6. The second-order valence-electron chi connectivity index (χ2n) is 6.95. The molecule has 3 aliphatic rings. The van der Waals surface area contributed by atoms with Crippen molar-refractivity contribution in [1.29, 1.82) is 0 Å². The number of carbonyl (C=O) groups is 1. The molecule has 4 rings (SSSR count). The van der Waals surface area contributed by atoms with Crippen molar-refractivity contribution in [2.45, 2.75) is 56.9 Å². The molecule has 1 saturated carbocycles. The Morgan fingerprint density at radius 1 is 1.26 bits per heavy atom. The van der Waals surface area contributed by atoms with E-state index in [1.165, 1.54) is 12.8 Å². The molecule has 0 N–H and O–H groups in total. The minimum Gasteiger partial charge on any atom is -0.339 e. The van der Waals surface area contributed by atoms with Crippen molar-refractivity contribution >= 4 is 5.78 Å². The summed E-state index contributed by atoms with van der Waals surface area (Å²) in [5.41, 5.74) is 0.772. The maximum Gasteiger partial charge on any atom is 0.233 e. The van der Waals surface area contributed by atoms with Crippen molar-refractivity contribution in [3.05, 3.63) is 35.5 Å². The maximum atomic E-state index is 11.4. The summed E-state index contributed by atoms with van der Waals surface area (Å²) in [5, 5.41) is 4.23. The number of allylic oxidation sites excluding steroid dienone is 4. The van der Waals surface area contributed by atoms with E-state index in [4.69, 9.17) is 4.52 Å². The lowest BCUT2D eigenvalue weighted by Gasteiger charge is -2.30. The molecule has 1 aromatic heterocycles. The van der Waals surface area contributed by atoms with E-state index in [9.17, 15) is 4.79 Å². The van der Waals surface area contributed by atoms with Gasteiger partial charge < -0.3 is 9.42 Å². The first-order chi connectivity index (χ1) is 11.2. The SMILES string of the molecule is CC(=O)C1=CCC(c2nc(C3CCN(C4CC4)CC3)no2)C=C1. The average molecular weight is 313 g/mol. The Hall–Kier alpha value is -1.75. The summed E-state index contributed by atoms with van der Waals surface area (Å²) in [6.45, 7) is 3.91. The van der Waals surface area contributed by atoms with Gasteiger partial charge in [0.2, 0.25) is 5.89 Å². The van der Waals surface area contributed by atoms with Crippen LogP contribution in [0.5, 0.6) is 0 Å². The minimum absolute atomic E-state index is 0.103. The first-order valence-corrected chi connectivity index (χ1v) is 8.67. The van der Waals surface area contributed by atoms with Gasteiger partial charge in [-0.1, -0.05) is 23.4 Å². The molecule has 1 aromatic rings. The van der Waals surface area contributed by atoms with E-state index in [-0.39, 0.29) is 11.7 Å². The van der Waals surface area contributed by atoms with Crippen molar-refractivity contribution in [3.63, 3.8) is 0 Å². The smallest absolute Gasteiger partial charge is 0.233 e. The van der Waals surface area contributed by atoms with Crippen LogP contribution in [0.3, 0.4) is 0 Å². The van der Waals surface area contributed by atoms with Crippen LogP contribution in [0.15, 0.2) is 28.3 Å². The summed E-state index contributed by atoms with van der Waals surface area (Å²) in [6, 6.07) is 0.853. The fourth-order valence-electron chi connectivity index (χ4n) is 3.59. The molecule has 1 unspecified atom stereocenters. The Balaban J connectivity index is 1.38. The predicted octanol–water partition coefficient (Wildman–Crippen LogP) is 2.97. The monoisotopic (exact) mass is 313 g/mol. The molecular formula is C18H23N3O2. The van der Waals surface area contributed by atoms with E-state index in [2.05, 4.69) is 15.0 Å². The Bertz CT molecular complexity index is 649. The lowest BCUT2D eigenvalue weighted by atomic mass is 9.94. The summed E-state index contributed by atoms with van der Waals surface area (Å²) in [7, 11) is 0. The van der Waals surface area contributed by atoms with E-state index >= 15 is 0 Å². The van der Waals surface area contributed by atoms with Gasteiger partial charge in [0.05, 0.1) is 5.92 Å². The van der Waals surface area contributed by atoms with Crippen molar-refractivity contribution in [2.75, 3.05) is 13.1 Å². The highest BCUT2D eigenvalue weighted by Gasteiger charge is 2.33. The van der Waals surface area contributed by atoms with Crippen LogP contribution in [0.4, 0.5) is 0 Å². The fraction of sp³-hybridized carbons (Fsp3) is 0.611. The van der Waals surface area contributed by atoms with Gasteiger partial charge in [0.1, 0.15) is 0 Å². The van der Waals surface area contributed by atoms with E-state index in [1.54, 1.807) is 6.92 Å². The Morgan fingerprint density at radius 2 is 2.04 bits per heavy atom. The number of nitrogens with zero attached hydrogens (tertiary/aromatic N) is 3. The molecule has 5 heteroatoms. The van der Waals surface area contributed by atoms with Gasteiger partial charge >= 0.3 is 0 Å².